The van der Waals surface area contributed by atoms with E-state index in [1.165, 1.54) is 0 Å². The van der Waals surface area contributed by atoms with E-state index >= 15 is 0 Å². The Labute approximate surface area is 143 Å². The van der Waals surface area contributed by atoms with Crippen LogP contribution in [0.5, 0.6) is 5.75 Å². The molecule has 0 aliphatic carbocycles. The number of hydrogen-bond donors (Lipinski definition) is 2. The van der Waals surface area contributed by atoms with Crippen LogP contribution in [0.1, 0.15) is 23.7 Å². The molecule has 6 heteroatoms. The van der Waals surface area contributed by atoms with Gasteiger partial charge in [0.25, 0.3) is 5.91 Å². The molecule has 23 heavy (non-hydrogen) atoms. The Bertz CT molecular complexity index is 732. The number of benzene rings is 2. The SMILES string of the molecule is CCC(=O)Nc1cccc(NC(=O)c2ccc(OC)c(Br)c2)c1. The minimum atomic E-state index is -0.243. The molecule has 2 N–H and O–H groups in total. The average Bonchev–Trinajstić information content (AvgIpc) is 2.54. The van der Waals surface area contributed by atoms with Crippen molar-refractivity contribution < 1.29 is 14.3 Å². The lowest BCUT2D eigenvalue weighted by Crippen LogP contribution is -2.13. The maximum absolute atomic E-state index is 12.3. The first-order valence-electron chi connectivity index (χ1n) is 7.08. The van der Waals surface area contributed by atoms with Crippen LogP contribution in [-0.4, -0.2) is 18.9 Å². The number of hydrogen-bond acceptors (Lipinski definition) is 3. The number of nitrogens with one attached hydrogen (secondary N) is 2. The van der Waals surface area contributed by atoms with Gasteiger partial charge in [0.15, 0.2) is 0 Å². The molecule has 120 valence electrons. The van der Waals surface area contributed by atoms with Gasteiger partial charge in [-0.15, -0.1) is 0 Å². The molecule has 2 aromatic carbocycles. The molecule has 0 saturated heterocycles. The van der Waals surface area contributed by atoms with Crippen molar-refractivity contribution in [2.45, 2.75) is 13.3 Å². The summed E-state index contributed by atoms with van der Waals surface area (Å²) < 4.78 is 5.85. The summed E-state index contributed by atoms with van der Waals surface area (Å²) in [6.07, 6.45) is 0.399. The van der Waals surface area contributed by atoms with E-state index in [1.54, 1.807) is 56.5 Å². The zero-order chi connectivity index (χ0) is 16.8. The Morgan fingerprint density at radius 3 is 2.39 bits per heavy atom. The fourth-order valence-electron chi connectivity index (χ4n) is 1.93. The third-order valence-corrected chi connectivity index (χ3v) is 3.76. The predicted molar refractivity (Wildman–Crippen MR) is 94.0 cm³/mol. The first-order valence-corrected chi connectivity index (χ1v) is 7.87. The highest BCUT2D eigenvalue weighted by molar-refractivity contribution is 9.10. The van der Waals surface area contributed by atoms with Crippen molar-refractivity contribution in [3.63, 3.8) is 0 Å². The number of carbonyl (C=O) groups is 2. The van der Waals surface area contributed by atoms with Crippen LogP contribution in [-0.2, 0) is 4.79 Å². The third kappa shape index (κ3) is 4.56. The van der Waals surface area contributed by atoms with Gasteiger partial charge >= 0.3 is 0 Å². The smallest absolute Gasteiger partial charge is 0.255 e. The fourth-order valence-corrected chi connectivity index (χ4v) is 2.48. The summed E-state index contributed by atoms with van der Waals surface area (Å²) in [7, 11) is 1.57. The van der Waals surface area contributed by atoms with Crippen molar-refractivity contribution in [2.24, 2.45) is 0 Å². The zero-order valence-electron chi connectivity index (χ0n) is 12.9. The van der Waals surface area contributed by atoms with Gasteiger partial charge in [-0.2, -0.15) is 0 Å². The molecule has 0 unspecified atom stereocenters. The van der Waals surface area contributed by atoms with Crippen LogP contribution in [0.4, 0.5) is 11.4 Å². The zero-order valence-corrected chi connectivity index (χ0v) is 14.4. The van der Waals surface area contributed by atoms with Gasteiger partial charge in [-0.3, -0.25) is 9.59 Å². The average molecular weight is 377 g/mol. The largest absolute Gasteiger partial charge is 0.496 e. The van der Waals surface area contributed by atoms with Crippen LogP contribution < -0.4 is 15.4 Å². The number of amides is 2. The second-order valence-corrected chi connectivity index (χ2v) is 5.64. The molecule has 0 bridgehead atoms. The van der Waals surface area contributed by atoms with Crippen LogP contribution >= 0.6 is 15.9 Å². The number of anilines is 2. The molecule has 2 rings (SSSR count). The molecule has 5 nitrogen and oxygen atoms in total. The van der Waals surface area contributed by atoms with Gasteiger partial charge in [-0.25, -0.2) is 0 Å². The van der Waals surface area contributed by atoms with Gasteiger partial charge in [0.05, 0.1) is 11.6 Å². The lowest BCUT2D eigenvalue weighted by atomic mass is 10.2. The topological polar surface area (TPSA) is 67.4 Å². The van der Waals surface area contributed by atoms with Crippen molar-refractivity contribution in [1.82, 2.24) is 0 Å². The van der Waals surface area contributed by atoms with Crippen LogP contribution in [0.25, 0.3) is 0 Å². The summed E-state index contributed by atoms with van der Waals surface area (Å²) >= 11 is 3.36. The lowest BCUT2D eigenvalue weighted by Gasteiger charge is -2.09. The molecule has 0 fully saturated rings. The highest BCUT2D eigenvalue weighted by Crippen LogP contribution is 2.26. The van der Waals surface area contributed by atoms with Gasteiger partial charge in [0.1, 0.15) is 5.75 Å². The summed E-state index contributed by atoms with van der Waals surface area (Å²) in [4.78, 5) is 23.7. The van der Waals surface area contributed by atoms with Crippen LogP contribution in [0.2, 0.25) is 0 Å². The maximum Gasteiger partial charge on any atom is 0.255 e. The first kappa shape index (κ1) is 17.0. The Hall–Kier alpha value is -2.34. The maximum atomic E-state index is 12.3. The minimum Gasteiger partial charge on any atom is -0.496 e. The standard InChI is InChI=1S/C17H17BrN2O3/c1-3-16(21)19-12-5-4-6-13(10-12)20-17(22)11-7-8-15(23-2)14(18)9-11/h4-10H,3H2,1-2H3,(H,19,21)(H,20,22). The number of carbonyl (C=O) groups excluding carboxylic acids is 2. The van der Waals surface area contributed by atoms with Gasteiger partial charge in [0, 0.05) is 23.4 Å². The van der Waals surface area contributed by atoms with Crippen molar-refractivity contribution in [2.75, 3.05) is 17.7 Å². The number of rotatable bonds is 5. The van der Waals surface area contributed by atoms with E-state index in [0.29, 0.717) is 33.6 Å². The molecule has 2 aromatic rings. The van der Waals surface area contributed by atoms with E-state index in [-0.39, 0.29) is 11.8 Å². The molecule has 0 saturated carbocycles. The Balaban J connectivity index is 2.12. The van der Waals surface area contributed by atoms with E-state index in [0.717, 1.165) is 0 Å². The fraction of sp³-hybridized carbons (Fsp3) is 0.176. The van der Waals surface area contributed by atoms with Crippen LogP contribution in [0.3, 0.4) is 0 Å². The molecule has 0 aromatic heterocycles. The number of halogens is 1. The quantitative estimate of drug-likeness (QED) is 0.826. The van der Waals surface area contributed by atoms with Gasteiger partial charge < -0.3 is 15.4 Å². The van der Waals surface area contributed by atoms with Crippen molar-refractivity contribution in [3.8, 4) is 5.75 Å². The lowest BCUT2D eigenvalue weighted by molar-refractivity contribution is -0.115. The summed E-state index contributed by atoms with van der Waals surface area (Å²) in [5.41, 5.74) is 1.75. The van der Waals surface area contributed by atoms with Crippen LogP contribution in [0, 0.1) is 0 Å². The summed E-state index contributed by atoms with van der Waals surface area (Å²) in [6.45, 7) is 1.78. The van der Waals surface area contributed by atoms with Crippen molar-refractivity contribution in [3.05, 3.63) is 52.5 Å². The van der Waals surface area contributed by atoms with Gasteiger partial charge in [-0.05, 0) is 52.3 Å². The molecule has 0 radical (unpaired) electrons. The van der Waals surface area contributed by atoms with E-state index in [4.69, 9.17) is 4.74 Å². The molecular formula is C17H17BrN2O3. The molecular weight excluding hydrogens is 360 g/mol. The van der Waals surface area contributed by atoms with Gasteiger partial charge in [0.2, 0.25) is 5.91 Å². The van der Waals surface area contributed by atoms with Gasteiger partial charge in [-0.1, -0.05) is 13.0 Å². The van der Waals surface area contributed by atoms with E-state index in [2.05, 4.69) is 26.6 Å². The third-order valence-electron chi connectivity index (χ3n) is 3.14. The first-order chi connectivity index (χ1) is 11.0. The Morgan fingerprint density at radius 1 is 1.09 bits per heavy atom. The normalized spacial score (nSPS) is 10.0. The summed E-state index contributed by atoms with van der Waals surface area (Å²) in [5, 5.41) is 5.56. The molecule has 0 aliphatic heterocycles. The van der Waals surface area contributed by atoms with Crippen molar-refractivity contribution >= 4 is 39.1 Å². The van der Waals surface area contributed by atoms with Crippen molar-refractivity contribution in [1.29, 1.82) is 0 Å². The second-order valence-electron chi connectivity index (χ2n) is 4.79. The molecule has 0 spiro atoms. The van der Waals surface area contributed by atoms with Crippen LogP contribution in [0.15, 0.2) is 46.9 Å². The number of methoxy groups -OCH3 is 1. The monoisotopic (exact) mass is 376 g/mol. The number of ether oxygens (including phenoxy) is 1. The highest BCUT2D eigenvalue weighted by atomic mass is 79.9. The van der Waals surface area contributed by atoms with E-state index in [9.17, 15) is 9.59 Å². The molecule has 0 atom stereocenters. The Kier molecular flexibility index (Phi) is 5.76. The molecule has 0 aliphatic rings. The molecule has 0 heterocycles. The Morgan fingerprint density at radius 2 is 1.78 bits per heavy atom. The van der Waals surface area contributed by atoms with E-state index in [1.807, 2.05) is 0 Å². The van der Waals surface area contributed by atoms with E-state index < -0.39 is 0 Å². The highest BCUT2D eigenvalue weighted by Gasteiger charge is 2.10. The molecule has 2 amide bonds. The second kappa shape index (κ2) is 7.78. The minimum absolute atomic E-state index is 0.0763. The summed E-state index contributed by atoms with van der Waals surface area (Å²) in [5.74, 6) is 0.339. The predicted octanol–water partition coefficient (Wildman–Crippen LogP) is 4.06. The summed E-state index contributed by atoms with van der Waals surface area (Å²) in [6, 6.07) is 12.1.